The zero-order valence-corrected chi connectivity index (χ0v) is 8.59. The monoisotopic (exact) mass is 203 g/mol. The van der Waals surface area contributed by atoms with E-state index in [1.807, 2.05) is 12.1 Å². The number of aliphatic hydroxyl groups excluding tert-OH is 1. The molecule has 0 saturated heterocycles. The Morgan fingerprint density at radius 1 is 1.33 bits per heavy atom. The van der Waals surface area contributed by atoms with E-state index >= 15 is 0 Å². The van der Waals surface area contributed by atoms with Crippen LogP contribution in [0.4, 0.5) is 0 Å². The predicted octanol–water partition coefficient (Wildman–Crippen LogP) is 1.13. The molecule has 0 atom stereocenters. The van der Waals surface area contributed by atoms with Gasteiger partial charge < -0.3 is 5.11 Å². The maximum Gasteiger partial charge on any atom is 0.152 e. The van der Waals surface area contributed by atoms with Crippen LogP contribution in [-0.2, 0) is 13.2 Å². The molecular weight excluding hydrogens is 190 g/mol. The molecule has 0 aliphatic rings. The molecule has 0 saturated carbocycles. The molecule has 0 bridgehead atoms. The van der Waals surface area contributed by atoms with Crippen molar-refractivity contribution >= 4 is 0 Å². The number of hydrogen-bond acceptors (Lipinski definition) is 3. The van der Waals surface area contributed by atoms with Crippen LogP contribution >= 0.6 is 0 Å². The molecule has 1 N–H and O–H groups in total. The van der Waals surface area contributed by atoms with Crippen LogP contribution in [-0.4, -0.2) is 19.9 Å². The molecule has 78 valence electrons. The fourth-order valence-corrected chi connectivity index (χ4v) is 1.49. The molecule has 2 rings (SSSR count). The van der Waals surface area contributed by atoms with E-state index in [4.69, 9.17) is 5.11 Å². The molecule has 0 aliphatic heterocycles. The maximum absolute atomic E-state index is 9.03. The van der Waals surface area contributed by atoms with Gasteiger partial charge in [0.05, 0.1) is 6.54 Å². The summed E-state index contributed by atoms with van der Waals surface area (Å²) >= 11 is 0. The zero-order valence-electron chi connectivity index (χ0n) is 8.59. The topological polar surface area (TPSA) is 50.9 Å². The van der Waals surface area contributed by atoms with Crippen LogP contribution in [0.25, 0.3) is 0 Å². The summed E-state index contributed by atoms with van der Waals surface area (Å²) in [4.78, 5) is 3.96. The molecule has 0 aliphatic carbocycles. The number of hydrogen-bond donors (Lipinski definition) is 1. The summed E-state index contributed by atoms with van der Waals surface area (Å²) < 4.78 is 1.71. The van der Waals surface area contributed by atoms with Gasteiger partial charge in [0.15, 0.2) is 5.82 Å². The summed E-state index contributed by atoms with van der Waals surface area (Å²) in [7, 11) is 0. The van der Waals surface area contributed by atoms with Crippen LogP contribution in [0.3, 0.4) is 0 Å². The minimum Gasteiger partial charge on any atom is -0.388 e. The third-order valence-corrected chi connectivity index (χ3v) is 2.42. The van der Waals surface area contributed by atoms with Gasteiger partial charge in [-0.2, -0.15) is 5.10 Å². The summed E-state index contributed by atoms with van der Waals surface area (Å²) in [6.07, 6.45) is 1.46. The molecule has 1 aromatic heterocycles. The normalized spacial score (nSPS) is 10.5. The first kappa shape index (κ1) is 9.86. The van der Waals surface area contributed by atoms with Gasteiger partial charge >= 0.3 is 0 Å². The van der Waals surface area contributed by atoms with Gasteiger partial charge in [-0.05, 0) is 18.1 Å². The Labute approximate surface area is 88.2 Å². The van der Waals surface area contributed by atoms with E-state index in [1.165, 1.54) is 17.5 Å². The Balaban J connectivity index is 2.26. The molecule has 0 unspecified atom stereocenters. The molecule has 15 heavy (non-hydrogen) atoms. The highest BCUT2D eigenvalue weighted by Crippen LogP contribution is 2.09. The lowest BCUT2D eigenvalue weighted by molar-refractivity contribution is 0.264. The third-order valence-electron chi connectivity index (χ3n) is 2.42. The van der Waals surface area contributed by atoms with Gasteiger partial charge in [-0.1, -0.05) is 24.3 Å². The summed E-state index contributed by atoms with van der Waals surface area (Å²) in [5, 5.41) is 13.1. The average Bonchev–Trinajstić information content (AvgIpc) is 2.69. The molecular formula is C11H13N3O. The van der Waals surface area contributed by atoms with E-state index in [9.17, 15) is 0 Å². The Morgan fingerprint density at radius 3 is 2.87 bits per heavy atom. The van der Waals surface area contributed by atoms with Gasteiger partial charge in [0, 0.05) is 0 Å². The van der Waals surface area contributed by atoms with Crippen molar-refractivity contribution in [1.29, 1.82) is 0 Å². The maximum atomic E-state index is 9.03. The van der Waals surface area contributed by atoms with Gasteiger partial charge in [-0.3, -0.25) is 0 Å². The number of aryl methyl sites for hydroxylation is 1. The molecule has 2 aromatic rings. The van der Waals surface area contributed by atoms with Crippen molar-refractivity contribution in [1.82, 2.24) is 14.8 Å². The smallest absolute Gasteiger partial charge is 0.152 e. The van der Waals surface area contributed by atoms with Crippen molar-refractivity contribution in [3.05, 3.63) is 47.5 Å². The molecule has 4 heteroatoms. The average molecular weight is 203 g/mol. The number of benzene rings is 1. The molecule has 1 heterocycles. The standard InChI is InChI=1S/C11H13N3O/c1-9-4-2-3-5-10(9)6-14-11(7-15)12-8-13-14/h2-5,8,15H,6-7H2,1H3. The second-order valence-electron chi connectivity index (χ2n) is 3.42. The lowest BCUT2D eigenvalue weighted by Gasteiger charge is -2.06. The molecule has 4 nitrogen and oxygen atoms in total. The first-order valence-electron chi connectivity index (χ1n) is 4.83. The van der Waals surface area contributed by atoms with Crippen LogP contribution < -0.4 is 0 Å². The Kier molecular flexibility index (Phi) is 2.78. The van der Waals surface area contributed by atoms with Gasteiger partial charge in [0.25, 0.3) is 0 Å². The Morgan fingerprint density at radius 2 is 2.13 bits per heavy atom. The minimum atomic E-state index is -0.0775. The molecule has 1 aromatic carbocycles. The highest BCUT2D eigenvalue weighted by molar-refractivity contribution is 5.25. The number of nitrogens with zero attached hydrogens (tertiary/aromatic N) is 3. The van der Waals surface area contributed by atoms with Crippen molar-refractivity contribution in [3.8, 4) is 0 Å². The summed E-state index contributed by atoms with van der Waals surface area (Å²) in [5.74, 6) is 0.596. The van der Waals surface area contributed by atoms with Crippen LogP contribution in [0, 0.1) is 6.92 Å². The largest absolute Gasteiger partial charge is 0.388 e. The van der Waals surface area contributed by atoms with Gasteiger partial charge in [0.1, 0.15) is 12.9 Å². The number of aliphatic hydroxyl groups is 1. The second-order valence-corrected chi connectivity index (χ2v) is 3.42. The third kappa shape index (κ3) is 2.05. The minimum absolute atomic E-state index is 0.0775. The van der Waals surface area contributed by atoms with Gasteiger partial charge in [-0.15, -0.1) is 0 Å². The zero-order chi connectivity index (χ0) is 10.7. The van der Waals surface area contributed by atoms with Crippen LogP contribution in [0.5, 0.6) is 0 Å². The first-order valence-corrected chi connectivity index (χ1v) is 4.83. The SMILES string of the molecule is Cc1ccccc1Cn1ncnc1CO. The van der Waals surface area contributed by atoms with Crippen LogP contribution in [0.2, 0.25) is 0 Å². The summed E-state index contributed by atoms with van der Waals surface area (Å²) in [6.45, 7) is 2.64. The highest BCUT2D eigenvalue weighted by Gasteiger charge is 2.04. The summed E-state index contributed by atoms with van der Waals surface area (Å²) in [6, 6.07) is 8.12. The molecule has 0 fully saturated rings. The predicted molar refractivity (Wildman–Crippen MR) is 56.2 cm³/mol. The lowest BCUT2D eigenvalue weighted by Crippen LogP contribution is -2.07. The Hall–Kier alpha value is -1.68. The molecule has 0 spiro atoms. The summed E-state index contributed by atoms with van der Waals surface area (Å²) in [5.41, 5.74) is 2.41. The van der Waals surface area contributed by atoms with Crippen LogP contribution in [0.15, 0.2) is 30.6 Å². The van der Waals surface area contributed by atoms with Crippen molar-refractivity contribution in [2.24, 2.45) is 0 Å². The van der Waals surface area contributed by atoms with E-state index in [1.54, 1.807) is 4.68 Å². The van der Waals surface area contributed by atoms with Gasteiger partial charge in [0.2, 0.25) is 0 Å². The second kappa shape index (κ2) is 4.23. The first-order chi connectivity index (χ1) is 7.31. The van der Waals surface area contributed by atoms with Crippen molar-refractivity contribution < 1.29 is 5.11 Å². The van der Waals surface area contributed by atoms with Crippen molar-refractivity contribution in [2.45, 2.75) is 20.1 Å². The Bertz CT molecular complexity index is 451. The number of aromatic nitrogens is 3. The number of rotatable bonds is 3. The van der Waals surface area contributed by atoms with Crippen molar-refractivity contribution in [2.75, 3.05) is 0 Å². The van der Waals surface area contributed by atoms with E-state index in [2.05, 4.69) is 29.1 Å². The fourth-order valence-electron chi connectivity index (χ4n) is 1.49. The van der Waals surface area contributed by atoms with E-state index < -0.39 is 0 Å². The highest BCUT2D eigenvalue weighted by atomic mass is 16.3. The van der Waals surface area contributed by atoms with E-state index in [0.29, 0.717) is 12.4 Å². The van der Waals surface area contributed by atoms with Gasteiger partial charge in [-0.25, -0.2) is 9.67 Å². The lowest BCUT2D eigenvalue weighted by atomic mass is 10.1. The quantitative estimate of drug-likeness (QED) is 0.813. The van der Waals surface area contributed by atoms with E-state index in [-0.39, 0.29) is 6.61 Å². The van der Waals surface area contributed by atoms with Crippen molar-refractivity contribution in [3.63, 3.8) is 0 Å². The fraction of sp³-hybridized carbons (Fsp3) is 0.273. The molecule has 0 radical (unpaired) electrons. The van der Waals surface area contributed by atoms with E-state index in [0.717, 1.165) is 0 Å². The van der Waals surface area contributed by atoms with Crippen LogP contribution in [0.1, 0.15) is 17.0 Å². The molecule has 0 amide bonds.